The van der Waals surface area contributed by atoms with Gasteiger partial charge < -0.3 is 19.7 Å². The van der Waals surface area contributed by atoms with Gasteiger partial charge in [-0.25, -0.2) is 4.79 Å². The fourth-order valence-corrected chi connectivity index (χ4v) is 5.27. The normalized spacial score (nSPS) is 11.5. The molecular weight excluding hydrogens is 564 g/mol. The van der Waals surface area contributed by atoms with Crippen molar-refractivity contribution in [3.8, 4) is 5.75 Å². The van der Waals surface area contributed by atoms with E-state index in [1.807, 2.05) is 97.6 Å². The van der Waals surface area contributed by atoms with Gasteiger partial charge in [-0.05, 0) is 48.2 Å². The Morgan fingerprint density at radius 2 is 1.38 bits per heavy atom. The molecule has 0 saturated heterocycles. The molecule has 1 unspecified atom stereocenters. The van der Waals surface area contributed by atoms with Gasteiger partial charge in [-0.15, -0.1) is 0 Å². The van der Waals surface area contributed by atoms with Crippen LogP contribution in [0.2, 0.25) is 0 Å². The van der Waals surface area contributed by atoms with E-state index in [4.69, 9.17) is 9.47 Å². The van der Waals surface area contributed by atoms with Crippen molar-refractivity contribution < 1.29 is 23.9 Å². The monoisotopic (exact) mass is 606 g/mol. The van der Waals surface area contributed by atoms with Crippen LogP contribution in [-0.4, -0.2) is 48.9 Å². The number of anilines is 1. The van der Waals surface area contributed by atoms with Gasteiger partial charge in [0.05, 0.1) is 13.7 Å². The van der Waals surface area contributed by atoms with Crippen LogP contribution in [0.5, 0.6) is 5.75 Å². The third-order valence-electron chi connectivity index (χ3n) is 7.88. The summed E-state index contributed by atoms with van der Waals surface area (Å²) in [6.45, 7) is 5.47. The van der Waals surface area contributed by atoms with Crippen LogP contribution in [0.25, 0.3) is 0 Å². The van der Waals surface area contributed by atoms with Crippen LogP contribution in [0.3, 0.4) is 0 Å². The lowest BCUT2D eigenvalue weighted by Crippen LogP contribution is -2.38. The zero-order valence-electron chi connectivity index (χ0n) is 26.3. The van der Waals surface area contributed by atoms with E-state index in [9.17, 15) is 14.4 Å². The van der Waals surface area contributed by atoms with Crippen LogP contribution in [0.4, 0.5) is 5.69 Å². The number of amides is 1. The number of ketones is 1. The first-order valence-corrected chi connectivity index (χ1v) is 15.5. The largest absolute Gasteiger partial charge is 0.492 e. The number of esters is 1. The van der Waals surface area contributed by atoms with E-state index >= 15 is 0 Å². The molecule has 0 heterocycles. The Hall–Kier alpha value is -4.91. The van der Waals surface area contributed by atoms with Gasteiger partial charge in [0.1, 0.15) is 18.4 Å². The highest BCUT2D eigenvalue weighted by Crippen LogP contribution is 2.22. The van der Waals surface area contributed by atoms with Crippen molar-refractivity contribution in [2.75, 3.05) is 25.6 Å². The molecule has 1 atom stereocenters. The zero-order chi connectivity index (χ0) is 32.0. The third kappa shape index (κ3) is 9.29. The van der Waals surface area contributed by atoms with Crippen LogP contribution < -0.4 is 10.1 Å². The van der Waals surface area contributed by atoms with E-state index in [1.165, 1.54) is 7.11 Å². The average Bonchev–Trinajstić information content (AvgIpc) is 3.09. The Balaban J connectivity index is 1.40. The maximum absolute atomic E-state index is 13.2. The minimum Gasteiger partial charge on any atom is -0.492 e. The van der Waals surface area contributed by atoms with Crippen molar-refractivity contribution in [1.29, 1.82) is 0 Å². The number of methoxy groups -OCH3 is 1. The molecule has 7 heteroatoms. The number of hydrogen-bond acceptors (Lipinski definition) is 6. The highest BCUT2D eigenvalue weighted by atomic mass is 16.5. The maximum atomic E-state index is 13.2. The van der Waals surface area contributed by atoms with E-state index in [0.29, 0.717) is 48.7 Å². The van der Waals surface area contributed by atoms with Crippen molar-refractivity contribution >= 4 is 23.3 Å². The first kappa shape index (κ1) is 33.0. The SMILES string of the molecule is CCC(CC)C(=O)N(CCOc1ccc(CC(Nc2ccccc2C(=O)c2ccccc2)C(=O)OC)cc1)Cc1ccccc1. The minimum atomic E-state index is -0.714. The number of carbonyl (C=O) groups is 3. The summed E-state index contributed by atoms with van der Waals surface area (Å²) in [5, 5.41) is 3.24. The molecular formula is C38H42N2O5. The highest BCUT2D eigenvalue weighted by molar-refractivity contribution is 6.12. The summed E-state index contributed by atoms with van der Waals surface area (Å²) in [7, 11) is 1.35. The Morgan fingerprint density at radius 3 is 2.02 bits per heavy atom. The molecule has 45 heavy (non-hydrogen) atoms. The lowest BCUT2D eigenvalue weighted by molar-refractivity contribution is -0.141. The standard InChI is InChI=1S/C38H42N2O5/c1-4-30(5-2)37(42)40(27-29-14-8-6-9-15-29)24-25-45-32-22-20-28(21-23-32)26-35(38(43)44-3)39-34-19-13-12-18-33(34)36(41)31-16-10-7-11-17-31/h6-23,30,35,39H,4-5,24-27H2,1-3H3. The Morgan fingerprint density at radius 1 is 0.756 bits per heavy atom. The van der Waals surface area contributed by atoms with E-state index in [0.717, 1.165) is 24.0 Å². The molecule has 0 aliphatic carbocycles. The number of benzene rings is 4. The summed E-state index contributed by atoms with van der Waals surface area (Å²) in [6, 6.07) is 33.0. The number of hydrogen-bond donors (Lipinski definition) is 1. The molecule has 0 bridgehead atoms. The van der Waals surface area contributed by atoms with Gasteiger partial charge in [0.25, 0.3) is 0 Å². The highest BCUT2D eigenvalue weighted by Gasteiger charge is 2.24. The van der Waals surface area contributed by atoms with Gasteiger partial charge in [0, 0.05) is 35.7 Å². The molecule has 1 amide bonds. The van der Waals surface area contributed by atoms with Crippen LogP contribution in [0, 0.1) is 5.92 Å². The second-order valence-corrected chi connectivity index (χ2v) is 10.9. The van der Waals surface area contributed by atoms with Crippen LogP contribution >= 0.6 is 0 Å². The van der Waals surface area contributed by atoms with E-state index in [-0.39, 0.29) is 17.6 Å². The van der Waals surface area contributed by atoms with Gasteiger partial charge in [-0.3, -0.25) is 9.59 Å². The number of para-hydroxylation sites is 1. The molecule has 4 aromatic carbocycles. The predicted molar refractivity (Wildman–Crippen MR) is 177 cm³/mol. The molecule has 0 saturated carbocycles. The summed E-state index contributed by atoms with van der Waals surface area (Å²) in [5.41, 5.74) is 3.59. The fourth-order valence-electron chi connectivity index (χ4n) is 5.27. The minimum absolute atomic E-state index is 0.00668. The van der Waals surface area contributed by atoms with Gasteiger partial charge in [0.15, 0.2) is 5.78 Å². The van der Waals surface area contributed by atoms with Crippen LogP contribution in [-0.2, 0) is 27.3 Å². The van der Waals surface area contributed by atoms with Crippen LogP contribution in [0.15, 0.2) is 109 Å². The summed E-state index contributed by atoms with van der Waals surface area (Å²) < 4.78 is 11.1. The van der Waals surface area contributed by atoms with Crippen molar-refractivity contribution in [2.24, 2.45) is 5.92 Å². The molecule has 0 spiro atoms. The quantitative estimate of drug-likeness (QED) is 0.110. The molecule has 0 aromatic heterocycles. The zero-order valence-corrected chi connectivity index (χ0v) is 26.3. The number of carbonyl (C=O) groups excluding carboxylic acids is 3. The lowest BCUT2D eigenvalue weighted by atomic mass is 10.00. The first-order chi connectivity index (χ1) is 21.9. The van der Waals surface area contributed by atoms with Gasteiger partial charge in [-0.2, -0.15) is 0 Å². The fraction of sp³-hybridized carbons (Fsp3) is 0.289. The summed E-state index contributed by atoms with van der Waals surface area (Å²) in [4.78, 5) is 41.1. The van der Waals surface area contributed by atoms with Crippen LogP contribution in [0.1, 0.15) is 53.7 Å². The molecule has 0 aliphatic heterocycles. The van der Waals surface area contributed by atoms with Gasteiger partial charge >= 0.3 is 5.97 Å². The second kappa shape index (κ2) is 16.8. The van der Waals surface area contributed by atoms with Crippen molar-refractivity contribution in [3.05, 3.63) is 131 Å². The molecule has 7 nitrogen and oxygen atoms in total. The van der Waals surface area contributed by atoms with Crippen molar-refractivity contribution in [3.63, 3.8) is 0 Å². The summed E-state index contributed by atoms with van der Waals surface area (Å²) >= 11 is 0. The Kier molecular flexibility index (Phi) is 12.3. The third-order valence-corrected chi connectivity index (χ3v) is 7.88. The number of nitrogens with one attached hydrogen (secondary N) is 1. The van der Waals surface area contributed by atoms with Gasteiger partial charge in [0.2, 0.25) is 5.91 Å². The number of ether oxygens (including phenoxy) is 2. The van der Waals surface area contributed by atoms with Crippen molar-refractivity contribution in [2.45, 2.75) is 45.7 Å². The topological polar surface area (TPSA) is 84.9 Å². The first-order valence-electron chi connectivity index (χ1n) is 15.5. The predicted octanol–water partition coefficient (Wildman–Crippen LogP) is 6.96. The molecule has 1 N–H and O–H groups in total. The number of rotatable bonds is 16. The summed E-state index contributed by atoms with van der Waals surface area (Å²) in [6.07, 6.45) is 1.95. The number of nitrogens with zero attached hydrogens (tertiary/aromatic N) is 1. The van der Waals surface area contributed by atoms with E-state index in [1.54, 1.807) is 30.3 Å². The molecule has 4 aromatic rings. The molecule has 4 rings (SSSR count). The Labute approximate surface area is 266 Å². The molecule has 0 radical (unpaired) electrons. The smallest absolute Gasteiger partial charge is 0.328 e. The molecule has 0 fully saturated rings. The second-order valence-electron chi connectivity index (χ2n) is 10.9. The lowest BCUT2D eigenvalue weighted by Gasteiger charge is -2.27. The molecule has 0 aliphatic rings. The Bertz CT molecular complexity index is 1520. The summed E-state index contributed by atoms with van der Waals surface area (Å²) in [5.74, 6) is 0.254. The van der Waals surface area contributed by atoms with E-state index < -0.39 is 12.0 Å². The average molecular weight is 607 g/mol. The maximum Gasteiger partial charge on any atom is 0.328 e. The molecule has 234 valence electrons. The van der Waals surface area contributed by atoms with E-state index in [2.05, 4.69) is 5.32 Å². The van der Waals surface area contributed by atoms with Gasteiger partial charge in [-0.1, -0.05) is 98.8 Å². The van der Waals surface area contributed by atoms with Crippen molar-refractivity contribution in [1.82, 2.24) is 4.90 Å².